The quantitative estimate of drug-likeness (QED) is 0.767. The second-order valence-electron chi connectivity index (χ2n) is 5.86. The second kappa shape index (κ2) is 6.50. The summed E-state index contributed by atoms with van der Waals surface area (Å²) in [6.07, 6.45) is 0. The van der Waals surface area contributed by atoms with E-state index in [-0.39, 0.29) is 0 Å². The monoisotopic (exact) mass is 327 g/mol. The molecular formula is C17H21N5S. The first-order valence-corrected chi connectivity index (χ1v) is 8.51. The van der Waals surface area contributed by atoms with E-state index >= 15 is 0 Å². The Morgan fingerprint density at radius 1 is 1.17 bits per heavy atom. The first-order valence-electron chi connectivity index (χ1n) is 7.74. The third-order valence-electron chi connectivity index (χ3n) is 3.82. The van der Waals surface area contributed by atoms with Crippen LogP contribution in [-0.2, 0) is 6.54 Å². The maximum atomic E-state index is 4.67. The fourth-order valence-electron chi connectivity index (χ4n) is 2.46. The summed E-state index contributed by atoms with van der Waals surface area (Å²) in [6.45, 7) is 9.05. The number of rotatable bonds is 5. The largest absolute Gasteiger partial charge is 0.356 e. The molecule has 1 aromatic carbocycles. The van der Waals surface area contributed by atoms with E-state index in [0.29, 0.717) is 12.5 Å². The molecule has 0 amide bonds. The van der Waals surface area contributed by atoms with Gasteiger partial charge in [-0.25, -0.2) is 9.67 Å². The second-order valence-corrected chi connectivity index (χ2v) is 6.61. The van der Waals surface area contributed by atoms with Gasteiger partial charge in [-0.2, -0.15) is 9.47 Å². The topological polar surface area (TPSA) is 55.6 Å². The van der Waals surface area contributed by atoms with Crippen LogP contribution in [0.25, 0.3) is 5.69 Å². The first-order chi connectivity index (χ1) is 11.1. The lowest BCUT2D eigenvalue weighted by atomic mass is 10.2. The third-order valence-corrected chi connectivity index (χ3v) is 4.50. The lowest BCUT2D eigenvalue weighted by Crippen LogP contribution is -2.03. The minimum atomic E-state index is 0.353. The average molecular weight is 327 g/mol. The van der Waals surface area contributed by atoms with Gasteiger partial charge in [0.25, 0.3) is 0 Å². The highest BCUT2D eigenvalue weighted by atomic mass is 32.1. The molecule has 0 aliphatic rings. The van der Waals surface area contributed by atoms with Crippen LogP contribution in [0, 0.1) is 13.8 Å². The van der Waals surface area contributed by atoms with Crippen LogP contribution in [0.2, 0.25) is 0 Å². The maximum Gasteiger partial charge on any atom is 0.202 e. The molecule has 0 aliphatic heterocycles. The first kappa shape index (κ1) is 15.7. The number of nitrogens with zero attached hydrogens (tertiary/aromatic N) is 4. The van der Waals surface area contributed by atoms with Crippen molar-refractivity contribution in [1.29, 1.82) is 0 Å². The predicted molar refractivity (Wildman–Crippen MR) is 94.4 cm³/mol. The zero-order valence-electron chi connectivity index (χ0n) is 13.9. The van der Waals surface area contributed by atoms with Gasteiger partial charge in [0.1, 0.15) is 5.82 Å². The summed E-state index contributed by atoms with van der Waals surface area (Å²) in [5.74, 6) is 1.25. The van der Waals surface area contributed by atoms with Gasteiger partial charge in [-0.15, -0.1) is 0 Å². The molecule has 5 nitrogen and oxygen atoms in total. The predicted octanol–water partition coefficient (Wildman–Crippen LogP) is 4.08. The molecular weight excluding hydrogens is 306 g/mol. The molecule has 6 heteroatoms. The fourth-order valence-corrected chi connectivity index (χ4v) is 3.16. The van der Waals surface area contributed by atoms with E-state index in [0.717, 1.165) is 28.0 Å². The highest BCUT2D eigenvalue weighted by Gasteiger charge is 2.14. The number of aromatic nitrogens is 4. The van der Waals surface area contributed by atoms with E-state index < -0.39 is 0 Å². The number of benzene rings is 1. The molecule has 2 aromatic heterocycles. The highest BCUT2D eigenvalue weighted by Crippen LogP contribution is 2.21. The van der Waals surface area contributed by atoms with Gasteiger partial charge in [0, 0.05) is 35.3 Å². The molecule has 2 heterocycles. The fraction of sp³-hybridized carbons (Fsp3) is 0.353. The Labute approximate surface area is 140 Å². The summed E-state index contributed by atoms with van der Waals surface area (Å²) in [5, 5.41) is 8.91. The summed E-state index contributed by atoms with van der Waals surface area (Å²) in [6, 6.07) is 10.2. The molecule has 23 heavy (non-hydrogen) atoms. The molecule has 3 aromatic rings. The van der Waals surface area contributed by atoms with E-state index in [9.17, 15) is 0 Å². The molecule has 0 spiro atoms. The molecule has 3 rings (SSSR count). The van der Waals surface area contributed by atoms with Crippen molar-refractivity contribution in [2.24, 2.45) is 0 Å². The van der Waals surface area contributed by atoms with Gasteiger partial charge in [-0.1, -0.05) is 32.0 Å². The van der Waals surface area contributed by atoms with Crippen LogP contribution < -0.4 is 5.32 Å². The summed E-state index contributed by atoms with van der Waals surface area (Å²) in [5.41, 5.74) is 4.47. The molecule has 0 aliphatic carbocycles. The number of para-hydroxylation sites is 1. The smallest absolute Gasteiger partial charge is 0.202 e. The van der Waals surface area contributed by atoms with Crippen LogP contribution in [0.1, 0.15) is 42.5 Å². The Balaban J connectivity index is 1.79. The Morgan fingerprint density at radius 3 is 2.57 bits per heavy atom. The molecule has 0 bridgehead atoms. The van der Waals surface area contributed by atoms with Gasteiger partial charge < -0.3 is 5.32 Å². The summed E-state index contributed by atoms with van der Waals surface area (Å²) < 4.78 is 6.36. The minimum Gasteiger partial charge on any atom is -0.356 e. The van der Waals surface area contributed by atoms with Crippen LogP contribution in [0.4, 0.5) is 5.13 Å². The van der Waals surface area contributed by atoms with Crippen LogP contribution in [0.15, 0.2) is 30.3 Å². The standard InChI is InChI=1S/C17H21N5S/c1-11(2)16-19-17(23-21-16)18-10-15-12(3)20-22(13(15)4)14-8-6-5-7-9-14/h5-9,11H,10H2,1-4H3,(H,18,19,21). The Morgan fingerprint density at radius 2 is 1.91 bits per heavy atom. The van der Waals surface area contributed by atoms with Crippen molar-refractivity contribution >= 4 is 16.7 Å². The van der Waals surface area contributed by atoms with Crippen LogP contribution >= 0.6 is 11.5 Å². The van der Waals surface area contributed by atoms with Crippen LogP contribution in [0.3, 0.4) is 0 Å². The summed E-state index contributed by atoms with van der Waals surface area (Å²) >= 11 is 1.41. The van der Waals surface area contributed by atoms with Crippen LogP contribution in [0.5, 0.6) is 0 Å². The lowest BCUT2D eigenvalue weighted by molar-refractivity contribution is 0.799. The van der Waals surface area contributed by atoms with Gasteiger partial charge in [0.05, 0.1) is 11.4 Å². The van der Waals surface area contributed by atoms with Crippen molar-refractivity contribution in [3.05, 3.63) is 53.1 Å². The number of hydrogen-bond donors (Lipinski definition) is 1. The Kier molecular flexibility index (Phi) is 4.43. The Bertz CT molecular complexity index is 789. The summed E-state index contributed by atoms with van der Waals surface area (Å²) in [4.78, 5) is 4.52. The lowest BCUT2D eigenvalue weighted by Gasteiger charge is -2.06. The molecule has 0 saturated heterocycles. The highest BCUT2D eigenvalue weighted by molar-refractivity contribution is 7.09. The summed E-state index contributed by atoms with van der Waals surface area (Å²) in [7, 11) is 0. The SMILES string of the molecule is Cc1nn(-c2ccccc2)c(C)c1CNc1nc(C(C)C)ns1. The van der Waals surface area contributed by atoms with Gasteiger partial charge in [0.2, 0.25) is 5.13 Å². The van der Waals surface area contributed by atoms with E-state index in [1.165, 1.54) is 17.1 Å². The molecule has 0 fully saturated rings. The molecule has 0 radical (unpaired) electrons. The minimum absolute atomic E-state index is 0.353. The van der Waals surface area contributed by atoms with Gasteiger partial charge in [-0.05, 0) is 26.0 Å². The van der Waals surface area contributed by atoms with E-state index in [1.807, 2.05) is 29.8 Å². The van der Waals surface area contributed by atoms with Crippen molar-refractivity contribution in [2.75, 3.05) is 5.32 Å². The molecule has 0 unspecified atom stereocenters. The maximum absolute atomic E-state index is 4.67. The van der Waals surface area contributed by atoms with Crippen molar-refractivity contribution in [3.8, 4) is 5.69 Å². The number of nitrogens with one attached hydrogen (secondary N) is 1. The zero-order chi connectivity index (χ0) is 16.4. The average Bonchev–Trinajstić information content (AvgIpc) is 3.12. The van der Waals surface area contributed by atoms with Gasteiger partial charge in [0.15, 0.2) is 0 Å². The number of hydrogen-bond acceptors (Lipinski definition) is 5. The van der Waals surface area contributed by atoms with Crippen molar-refractivity contribution < 1.29 is 0 Å². The molecule has 0 atom stereocenters. The van der Waals surface area contributed by atoms with Gasteiger partial charge >= 0.3 is 0 Å². The number of aryl methyl sites for hydroxylation is 1. The Hall–Kier alpha value is -2.21. The normalized spacial score (nSPS) is 11.2. The van der Waals surface area contributed by atoms with Crippen molar-refractivity contribution in [3.63, 3.8) is 0 Å². The molecule has 120 valence electrons. The van der Waals surface area contributed by atoms with Crippen molar-refractivity contribution in [2.45, 2.75) is 40.2 Å². The zero-order valence-corrected chi connectivity index (χ0v) is 14.7. The van der Waals surface area contributed by atoms with Crippen molar-refractivity contribution in [1.82, 2.24) is 19.1 Å². The van der Waals surface area contributed by atoms with Gasteiger partial charge in [-0.3, -0.25) is 0 Å². The number of anilines is 1. The van der Waals surface area contributed by atoms with Crippen LogP contribution in [-0.4, -0.2) is 19.1 Å². The third kappa shape index (κ3) is 3.27. The van der Waals surface area contributed by atoms with E-state index in [4.69, 9.17) is 0 Å². The molecule has 0 saturated carbocycles. The van der Waals surface area contributed by atoms with E-state index in [2.05, 4.69) is 52.7 Å². The van der Waals surface area contributed by atoms with E-state index in [1.54, 1.807) is 0 Å². The molecule has 1 N–H and O–H groups in total.